The van der Waals surface area contributed by atoms with E-state index in [9.17, 15) is 12.8 Å². The number of hydrogen-bond acceptors (Lipinski definition) is 4. The van der Waals surface area contributed by atoms with Crippen LogP contribution in [0.3, 0.4) is 0 Å². The predicted octanol–water partition coefficient (Wildman–Crippen LogP) is 5.18. The Labute approximate surface area is 165 Å². The first-order valence-corrected chi connectivity index (χ1v) is 11.8. The molecule has 0 atom stereocenters. The molecule has 144 valence electrons. The number of hydrogen-bond donors (Lipinski definition) is 0. The molecule has 1 aliphatic rings. The van der Waals surface area contributed by atoms with Crippen molar-refractivity contribution >= 4 is 27.3 Å². The first-order chi connectivity index (χ1) is 12.8. The summed E-state index contributed by atoms with van der Waals surface area (Å²) in [6, 6.07) is 10.5. The van der Waals surface area contributed by atoms with Crippen molar-refractivity contribution in [3.05, 3.63) is 76.1 Å². The molecule has 27 heavy (non-hydrogen) atoms. The van der Waals surface area contributed by atoms with E-state index in [4.69, 9.17) is 0 Å². The van der Waals surface area contributed by atoms with Gasteiger partial charge in [0, 0.05) is 23.5 Å². The van der Waals surface area contributed by atoms with Gasteiger partial charge in [0.2, 0.25) is 0 Å². The molecule has 3 rings (SSSR count). The van der Waals surface area contributed by atoms with Crippen LogP contribution in [0.5, 0.6) is 0 Å². The highest BCUT2D eigenvalue weighted by molar-refractivity contribution is 8.02. The van der Waals surface area contributed by atoms with E-state index in [1.807, 2.05) is 18.2 Å². The number of thioether (sulfide) groups is 1. The van der Waals surface area contributed by atoms with Crippen LogP contribution in [0.4, 0.5) is 10.1 Å². The number of sulfone groups is 1. The van der Waals surface area contributed by atoms with Gasteiger partial charge in [-0.2, -0.15) is 0 Å². The van der Waals surface area contributed by atoms with E-state index >= 15 is 0 Å². The van der Waals surface area contributed by atoms with Gasteiger partial charge in [0.25, 0.3) is 0 Å². The SMILES string of the molecule is C=C1SCc2cc(CS(=O)(=O)Cc3ccc(C)cc3F)ccc2N1CCC. The topological polar surface area (TPSA) is 37.4 Å². The van der Waals surface area contributed by atoms with Crippen molar-refractivity contribution in [3.63, 3.8) is 0 Å². The number of nitrogens with zero attached hydrogens (tertiary/aromatic N) is 1. The van der Waals surface area contributed by atoms with Crippen LogP contribution in [0.2, 0.25) is 0 Å². The van der Waals surface area contributed by atoms with Gasteiger partial charge in [0.15, 0.2) is 9.84 Å². The van der Waals surface area contributed by atoms with Crippen molar-refractivity contribution in [2.45, 2.75) is 37.5 Å². The molecule has 0 unspecified atom stereocenters. The number of anilines is 1. The average Bonchev–Trinajstić information content (AvgIpc) is 2.59. The molecule has 0 bridgehead atoms. The highest BCUT2D eigenvalue weighted by Gasteiger charge is 2.22. The van der Waals surface area contributed by atoms with Crippen LogP contribution >= 0.6 is 11.8 Å². The molecule has 0 N–H and O–H groups in total. The second-order valence-electron chi connectivity index (χ2n) is 6.92. The van der Waals surface area contributed by atoms with E-state index in [0.717, 1.165) is 46.1 Å². The maximum atomic E-state index is 14.0. The van der Waals surface area contributed by atoms with E-state index in [2.05, 4.69) is 18.4 Å². The van der Waals surface area contributed by atoms with Crippen molar-refractivity contribution in [1.82, 2.24) is 0 Å². The highest BCUT2D eigenvalue weighted by Crippen LogP contribution is 2.38. The third-order valence-electron chi connectivity index (χ3n) is 4.55. The molecule has 0 aromatic heterocycles. The Bertz CT molecular complexity index is 970. The van der Waals surface area contributed by atoms with Crippen LogP contribution in [0.15, 0.2) is 48.0 Å². The lowest BCUT2D eigenvalue weighted by Crippen LogP contribution is -2.25. The monoisotopic (exact) mass is 405 g/mol. The van der Waals surface area contributed by atoms with Gasteiger partial charge in [-0.1, -0.05) is 37.8 Å². The molecule has 2 aromatic rings. The number of benzene rings is 2. The lowest BCUT2D eigenvalue weighted by molar-refractivity contribution is 0.586. The molecule has 1 heterocycles. The van der Waals surface area contributed by atoms with Crippen LogP contribution in [0.1, 0.15) is 35.6 Å². The fraction of sp³-hybridized carbons (Fsp3) is 0.333. The van der Waals surface area contributed by atoms with Crippen molar-refractivity contribution in [3.8, 4) is 0 Å². The van der Waals surface area contributed by atoms with Gasteiger partial charge >= 0.3 is 0 Å². The molecule has 0 radical (unpaired) electrons. The number of halogens is 1. The Kier molecular flexibility index (Phi) is 5.96. The van der Waals surface area contributed by atoms with Gasteiger partial charge in [-0.15, -0.1) is 11.8 Å². The molecule has 0 spiro atoms. The van der Waals surface area contributed by atoms with Gasteiger partial charge in [0.1, 0.15) is 5.82 Å². The van der Waals surface area contributed by atoms with Gasteiger partial charge < -0.3 is 4.90 Å². The van der Waals surface area contributed by atoms with Gasteiger partial charge in [0.05, 0.1) is 16.5 Å². The molecular formula is C21H24FNO2S2. The average molecular weight is 406 g/mol. The quantitative estimate of drug-likeness (QED) is 0.663. The maximum absolute atomic E-state index is 14.0. The standard InChI is InChI=1S/C21H24FNO2S2/c1-4-9-23-16(3)26-12-19-11-17(6-8-21(19)23)13-27(24,25)14-18-7-5-15(2)10-20(18)22/h5-8,10-11H,3-4,9,12-14H2,1-2H3. The summed E-state index contributed by atoms with van der Waals surface area (Å²) in [5, 5.41) is 1.03. The summed E-state index contributed by atoms with van der Waals surface area (Å²) >= 11 is 1.67. The summed E-state index contributed by atoms with van der Waals surface area (Å²) in [7, 11) is -3.46. The molecule has 1 aliphatic heterocycles. The molecule has 0 aliphatic carbocycles. The number of aryl methyl sites for hydroxylation is 1. The van der Waals surface area contributed by atoms with Crippen molar-refractivity contribution in [1.29, 1.82) is 0 Å². The normalized spacial score (nSPS) is 14.3. The van der Waals surface area contributed by atoms with Crippen LogP contribution in [-0.4, -0.2) is 15.0 Å². The highest BCUT2D eigenvalue weighted by atomic mass is 32.2. The number of fused-ring (bicyclic) bond motifs is 1. The molecule has 0 amide bonds. The van der Waals surface area contributed by atoms with Gasteiger partial charge in [-0.3, -0.25) is 0 Å². The van der Waals surface area contributed by atoms with Gasteiger partial charge in [-0.05, 0) is 42.2 Å². The van der Waals surface area contributed by atoms with E-state index < -0.39 is 15.7 Å². The minimum absolute atomic E-state index is 0.0903. The Morgan fingerprint density at radius 2 is 1.96 bits per heavy atom. The summed E-state index contributed by atoms with van der Waals surface area (Å²) in [5.74, 6) is -0.0555. The third kappa shape index (κ3) is 4.74. The van der Waals surface area contributed by atoms with Crippen LogP contribution in [0.25, 0.3) is 0 Å². The largest absolute Gasteiger partial charge is 0.336 e. The summed E-state index contributed by atoms with van der Waals surface area (Å²) in [6.45, 7) is 8.91. The Morgan fingerprint density at radius 1 is 1.19 bits per heavy atom. The van der Waals surface area contributed by atoms with E-state index in [1.54, 1.807) is 30.8 Å². The molecule has 2 aromatic carbocycles. The van der Waals surface area contributed by atoms with Crippen molar-refractivity contribution in [2.75, 3.05) is 11.4 Å². The van der Waals surface area contributed by atoms with Gasteiger partial charge in [-0.25, -0.2) is 12.8 Å². The fourth-order valence-electron chi connectivity index (χ4n) is 3.26. The van der Waals surface area contributed by atoms with E-state index in [0.29, 0.717) is 0 Å². The minimum Gasteiger partial charge on any atom is -0.336 e. The second-order valence-corrected chi connectivity index (χ2v) is 10.0. The lowest BCUT2D eigenvalue weighted by Gasteiger charge is -2.32. The molecule has 0 saturated carbocycles. The summed E-state index contributed by atoms with van der Waals surface area (Å²) < 4.78 is 39.2. The maximum Gasteiger partial charge on any atom is 0.158 e. The zero-order chi connectivity index (χ0) is 19.6. The van der Waals surface area contributed by atoms with E-state index in [-0.39, 0.29) is 17.1 Å². The smallest absolute Gasteiger partial charge is 0.158 e. The van der Waals surface area contributed by atoms with Crippen LogP contribution < -0.4 is 4.90 Å². The summed E-state index contributed by atoms with van der Waals surface area (Å²) in [4.78, 5) is 2.18. The Balaban J connectivity index is 1.80. The molecule has 0 fully saturated rings. The predicted molar refractivity (Wildman–Crippen MR) is 112 cm³/mol. The van der Waals surface area contributed by atoms with Crippen molar-refractivity contribution in [2.24, 2.45) is 0 Å². The summed E-state index contributed by atoms with van der Waals surface area (Å²) in [5.41, 5.74) is 3.96. The number of rotatable bonds is 6. The van der Waals surface area contributed by atoms with E-state index in [1.165, 1.54) is 6.07 Å². The molecule has 3 nitrogen and oxygen atoms in total. The first kappa shape index (κ1) is 20.0. The third-order valence-corrected chi connectivity index (χ3v) is 7.08. The lowest BCUT2D eigenvalue weighted by atomic mass is 10.1. The van der Waals surface area contributed by atoms with Crippen LogP contribution in [-0.2, 0) is 27.1 Å². The molecule has 0 saturated heterocycles. The molecule has 6 heteroatoms. The molecular weight excluding hydrogens is 381 g/mol. The Hall–Kier alpha value is -1.79. The van der Waals surface area contributed by atoms with Crippen LogP contribution in [0, 0.1) is 12.7 Å². The zero-order valence-corrected chi connectivity index (χ0v) is 17.3. The summed E-state index contributed by atoms with van der Waals surface area (Å²) in [6.07, 6.45) is 1.01. The zero-order valence-electron chi connectivity index (χ0n) is 15.7. The first-order valence-electron chi connectivity index (χ1n) is 8.95. The minimum atomic E-state index is -3.46. The Morgan fingerprint density at radius 3 is 2.67 bits per heavy atom. The second kappa shape index (κ2) is 8.07. The fourth-order valence-corrected chi connectivity index (χ4v) is 5.66. The van der Waals surface area contributed by atoms with Crippen molar-refractivity contribution < 1.29 is 12.8 Å².